The van der Waals surface area contributed by atoms with Crippen LogP contribution in [0.3, 0.4) is 0 Å². The molecule has 156 valence electrons. The third kappa shape index (κ3) is 3.99. The highest BCUT2D eigenvalue weighted by atomic mass is 16.5. The van der Waals surface area contributed by atoms with Gasteiger partial charge in [-0.3, -0.25) is 4.90 Å². The second-order valence-electron chi connectivity index (χ2n) is 7.59. The van der Waals surface area contributed by atoms with Gasteiger partial charge in [0.2, 0.25) is 5.95 Å². The molecule has 0 amide bonds. The van der Waals surface area contributed by atoms with Gasteiger partial charge in [0.1, 0.15) is 18.1 Å². The van der Waals surface area contributed by atoms with Crippen molar-refractivity contribution in [1.82, 2.24) is 15.1 Å². The molecule has 0 aliphatic carbocycles. The first-order valence-electron chi connectivity index (χ1n) is 9.92. The summed E-state index contributed by atoms with van der Waals surface area (Å²) in [6.07, 6.45) is 1.70. The van der Waals surface area contributed by atoms with Gasteiger partial charge in [0.15, 0.2) is 11.6 Å². The Morgan fingerprint density at radius 3 is 2.73 bits per heavy atom. The van der Waals surface area contributed by atoms with E-state index in [0.29, 0.717) is 24.3 Å². The molecule has 3 atom stereocenters. The molecular formula is C22H26N6O2. The molecule has 4 rings (SSSR count). The maximum atomic E-state index is 6.10. The molecule has 8 heteroatoms. The summed E-state index contributed by atoms with van der Waals surface area (Å²) in [5.41, 5.74) is 9.05. The molecule has 1 aliphatic heterocycles. The minimum Gasteiger partial charge on any atom is -0.477 e. The zero-order chi connectivity index (χ0) is 21.3. The third-order valence-electron chi connectivity index (χ3n) is 5.17. The molecule has 3 aromatic rings. The number of benzene rings is 1. The van der Waals surface area contributed by atoms with E-state index in [1.54, 1.807) is 6.20 Å². The highest BCUT2D eigenvalue weighted by Gasteiger charge is 2.33. The Labute approximate surface area is 175 Å². The molecular weight excluding hydrogens is 380 g/mol. The lowest BCUT2D eigenvalue weighted by molar-refractivity contribution is 0.251. The Morgan fingerprint density at radius 2 is 2.00 bits per heavy atom. The van der Waals surface area contributed by atoms with Crippen LogP contribution in [0.4, 0.5) is 11.8 Å². The molecule has 1 saturated heterocycles. The van der Waals surface area contributed by atoms with Crippen molar-refractivity contribution in [3.05, 3.63) is 66.3 Å². The normalized spacial score (nSPS) is 18.2. The predicted molar refractivity (Wildman–Crippen MR) is 116 cm³/mol. The van der Waals surface area contributed by atoms with Crippen molar-refractivity contribution in [3.8, 4) is 11.3 Å². The maximum absolute atomic E-state index is 6.10. The maximum Gasteiger partial charge on any atom is 0.225 e. The van der Waals surface area contributed by atoms with E-state index >= 15 is 0 Å². The van der Waals surface area contributed by atoms with Gasteiger partial charge in [0.25, 0.3) is 0 Å². The molecule has 1 aromatic carbocycles. The fraction of sp³-hybridized carbons (Fsp3) is 0.318. The van der Waals surface area contributed by atoms with Crippen LogP contribution < -0.4 is 16.0 Å². The second kappa shape index (κ2) is 8.16. The molecule has 30 heavy (non-hydrogen) atoms. The van der Waals surface area contributed by atoms with Gasteiger partial charge in [-0.05, 0) is 33.4 Å². The van der Waals surface area contributed by atoms with Crippen LogP contribution in [-0.2, 0) is 4.74 Å². The second-order valence-corrected chi connectivity index (χ2v) is 7.59. The van der Waals surface area contributed by atoms with Crippen molar-refractivity contribution in [2.45, 2.75) is 38.9 Å². The Balaban J connectivity index is 1.50. The summed E-state index contributed by atoms with van der Waals surface area (Å²) in [5, 5.41) is 7.49. The van der Waals surface area contributed by atoms with Crippen molar-refractivity contribution in [2.24, 2.45) is 5.73 Å². The predicted octanol–water partition coefficient (Wildman–Crippen LogP) is 3.64. The number of hydrogen-bond donors (Lipinski definition) is 2. The first-order chi connectivity index (χ1) is 14.4. The summed E-state index contributed by atoms with van der Waals surface area (Å²) in [6, 6.07) is 11.6. The van der Waals surface area contributed by atoms with E-state index in [0.717, 1.165) is 17.0 Å². The number of ether oxygens (including phenoxy) is 1. The zero-order valence-corrected chi connectivity index (χ0v) is 17.4. The monoisotopic (exact) mass is 406 g/mol. The van der Waals surface area contributed by atoms with Crippen molar-refractivity contribution < 1.29 is 9.26 Å². The number of rotatable bonds is 6. The Bertz CT molecular complexity index is 1030. The van der Waals surface area contributed by atoms with Crippen LogP contribution in [-0.4, -0.2) is 33.8 Å². The van der Waals surface area contributed by atoms with Gasteiger partial charge in [0, 0.05) is 23.9 Å². The zero-order valence-electron chi connectivity index (χ0n) is 17.4. The highest BCUT2D eigenvalue weighted by Crippen LogP contribution is 2.29. The summed E-state index contributed by atoms with van der Waals surface area (Å²) in [6.45, 7) is 10.4. The Hall–Kier alpha value is -3.39. The molecule has 3 N–H and O–H groups in total. The molecule has 0 saturated carbocycles. The summed E-state index contributed by atoms with van der Waals surface area (Å²) in [5.74, 6) is 2.42. The summed E-state index contributed by atoms with van der Waals surface area (Å²) in [4.78, 5) is 10.9. The summed E-state index contributed by atoms with van der Waals surface area (Å²) < 4.78 is 11.1. The third-order valence-corrected chi connectivity index (χ3v) is 5.17. The van der Waals surface area contributed by atoms with Crippen LogP contribution >= 0.6 is 0 Å². The lowest BCUT2D eigenvalue weighted by atomic mass is 10.1. The van der Waals surface area contributed by atoms with E-state index in [4.69, 9.17) is 15.0 Å². The Morgan fingerprint density at radius 1 is 1.23 bits per heavy atom. The number of hydrogen-bond acceptors (Lipinski definition) is 8. The fourth-order valence-corrected chi connectivity index (χ4v) is 3.36. The van der Waals surface area contributed by atoms with Crippen LogP contribution in [0.1, 0.15) is 31.1 Å². The van der Waals surface area contributed by atoms with Crippen LogP contribution in [0.2, 0.25) is 0 Å². The smallest absolute Gasteiger partial charge is 0.225 e. The first-order valence-corrected chi connectivity index (χ1v) is 9.92. The van der Waals surface area contributed by atoms with Crippen molar-refractivity contribution in [3.63, 3.8) is 0 Å². The van der Waals surface area contributed by atoms with Crippen LogP contribution in [0.5, 0.6) is 0 Å². The SMILES string of the molecule is C=C1OCC([C@@H](C)N)N1c1ccnc(N[C@@H](C)c2cc(-c3ccc(C)cc3)on2)n1. The molecule has 2 aromatic heterocycles. The van der Waals surface area contributed by atoms with Gasteiger partial charge < -0.3 is 20.3 Å². The quantitative estimate of drug-likeness (QED) is 0.640. The van der Waals surface area contributed by atoms with Gasteiger partial charge in [-0.25, -0.2) is 4.98 Å². The molecule has 1 fully saturated rings. The van der Waals surface area contributed by atoms with E-state index in [1.807, 2.05) is 55.1 Å². The topological polar surface area (TPSA) is 102 Å². The highest BCUT2D eigenvalue weighted by molar-refractivity contribution is 5.58. The molecule has 0 radical (unpaired) electrons. The minimum absolute atomic E-state index is 0.0229. The average molecular weight is 406 g/mol. The summed E-state index contributed by atoms with van der Waals surface area (Å²) in [7, 11) is 0. The molecule has 0 bridgehead atoms. The fourth-order valence-electron chi connectivity index (χ4n) is 3.36. The van der Waals surface area contributed by atoms with Gasteiger partial charge in [-0.15, -0.1) is 0 Å². The van der Waals surface area contributed by atoms with Gasteiger partial charge >= 0.3 is 0 Å². The molecule has 1 aliphatic rings. The number of aromatic nitrogens is 3. The number of anilines is 2. The van der Waals surface area contributed by atoms with Crippen LogP contribution in [0.15, 0.2) is 59.6 Å². The van der Waals surface area contributed by atoms with E-state index in [-0.39, 0.29) is 18.1 Å². The molecule has 8 nitrogen and oxygen atoms in total. The lowest BCUT2D eigenvalue weighted by Crippen LogP contribution is -2.43. The molecule has 0 spiro atoms. The number of nitrogens with two attached hydrogens (primary N) is 1. The van der Waals surface area contributed by atoms with Gasteiger partial charge in [-0.2, -0.15) is 4.98 Å². The van der Waals surface area contributed by atoms with Crippen molar-refractivity contribution in [1.29, 1.82) is 0 Å². The van der Waals surface area contributed by atoms with Crippen LogP contribution in [0, 0.1) is 6.92 Å². The van der Waals surface area contributed by atoms with E-state index in [9.17, 15) is 0 Å². The number of nitrogens with zero attached hydrogens (tertiary/aromatic N) is 4. The standard InChI is InChI=1S/C22H26N6O2/c1-13-5-7-17(8-6-13)20-11-18(27-30-20)15(3)25-22-24-10-9-21(26-22)28-16(4)29-12-19(28)14(2)23/h5-11,14-15,19H,4,12,23H2,1-3H3,(H,24,25,26)/t14-,15+,19?/m1/s1. The average Bonchev–Trinajstić information content (AvgIpc) is 3.36. The lowest BCUT2D eigenvalue weighted by Gasteiger charge is -2.25. The number of nitrogens with one attached hydrogen (secondary N) is 1. The number of aryl methyl sites for hydroxylation is 1. The molecule has 3 heterocycles. The van der Waals surface area contributed by atoms with Gasteiger partial charge in [0.05, 0.1) is 12.1 Å². The Kier molecular flexibility index (Phi) is 5.41. The first kappa shape index (κ1) is 19.9. The van der Waals surface area contributed by atoms with Crippen molar-refractivity contribution in [2.75, 3.05) is 16.8 Å². The van der Waals surface area contributed by atoms with Crippen LogP contribution in [0.25, 0.3) is 11.3 Å². The van der Waals surface area contributed by atoms with E-state index in [1.165, 1.54) is 5.56 Å². The summed E-state index contributed by atoms with van der Waals surface area (Å²) >= 11 is 0. The minimum atomic E-state index is -0.148. The van der Waals surface area contributed by atoms with Crippen molar-refractivity contribution >= 4 is 11.8 Å². The van der Waals surface area contributed by atoms with Gasteiger partial charge in [-0.1, -0.05) is 35.0 Å². The van der Waals surface area contributed by atoms with E-state index < -0.39 is 0 Å². The largest absolute Gasteiger partial charge is 0.477 e. The molecule has 1 unspecified atom stereocenters. The van der Waals surface area contributed by atoms with E-state index in [2.05, 4.69) is 33.9 Å².